The first-order chi connectivity index (χ1) is 7.18. The summed E-state index contributed by atoms with van der Waals surface area (Å²) in [5, 5.41) is 2.72. The van der Waals surface area contributed by atoms with Crippen molar-refractivity contribution in [3.63, 3.8) is 0 Å². The number of hydrogen-bond donors (Lipinski definition) is 1. The molecule has 0 aromatic heterocycles. The molecule has 0 saturated carbocycles. The summed E-state index contributed by atoms with van der Waals surface area (Å²) in [7, 11) is 0. The number of benzene rings is 1. The molecule has 4 nitrogen and oxygen atoms in total. The van der Waals surface area contributed by atoms with Gasteiger partial charge in [-0.05, 0) is 19.1 Å². The number of amides is 3. The first-order valence-corrected chi connectivity index (χ1v) is 4.87. The Balaban J connectivity index is 2.29. The Morgan fingerprint density at radius 2 is 1.93 bits per heavy atom. The number of hydrogen-bond acceptors (Lipinski definition) is 2. The summed E-state index contributed by atoms with van der Waals surface area (Å²) in [6.45, 7) is 1.82. The number of nitrogens with one attached hydrogen (secondary N) is 1. The zero-order valence-electron chi connectivity index (χ0n) is 8.43. The lowest BCUT2D eigenvalue weighted by Crippen LogP contribution is -2.54. The van der Waals surface area contributed by atoms with E-state index in [2.05, 4.69) is 5.32 Å². The van der Waals surface area contributed by atoms with Crippen LogP contribution in [0.5, 0.6) is 0 Å². The van der Waals surface area contributed by atoms with Crippen LogP contribution in [0.4, 0.5) is 10.5 Å². The van der Waals surface area contributed by atoms with Crippen molar-refractivity contribution >= 4 is 17.6 Å². The van der Waals surface area contributed by atoms with E-state index >= 15 is 0 Å². The first-order valence-electron chi connectivity index (χ1n) is 4.87. The molecule has 3 amide bonds. The fourth-order valence-electron chi connectivity index (χ4n) is 1.63. The lowest BCUT2D eigenvalue weighted by Gasteiger charge is -2.29. The minimum Gasteiger partial charge on any atom is -0.334 e. The molecule has 0 spiro atoms. The van der Waals surface area contributed by atoms with Crippen LogP contribution in [0.15, 0.2) is 30.3 Å². The Labute approximate surface area is 87.9 Å². The summed E-state index contributed by atoms with van der Waals surface area (Å²) in [5.74, 6) is -0.155. The number of nitrogens with zero attached hydrogens (tertiary/aromatic N) is 1. The van der Waals surface area contributed by atoms with Crippen LogP contribution >= 0.6 is 0 Å². The van der Waals surface area contributed by atoms with Crippen LogP contribution in [0.3, 0.4) is 0 Å². The van der Waals surface area contributed by atoms with Crippen LogP contribution in [0.1, 0.15) is 13.3 Å². The van der Waals surface area contributed by atoms with Crippen LogP contribution in [-0.4, -0.2) is 18.0 Å². The van der Waals surface area contributed by atoms with E-state index in [4.69, 9.17) is 0 Å². The summed E-state index contributed by atoms with van der Waals surface area (Å²) in [6, 6.07) is 8.51. The number of anilines is 1. The molecule has 1 aromatic rings. The predicted octanol–water partition coefficient (Wildman–Crippen LogP) is 1.52. The molecule has 15 heavy (non-hydrogen) atoms. The summed E-state index contributed by atoms with van der Waals surface area (Å²) in [6.07, 6.45) is 0.348. The lowest BCUT2D eigenvalue weighted by atomic mass is 10.1. The van der Waals surface area contributed by atoms with Crippen molar-refractivity contribution in [2.24, 2.45) is 0 Å². The molecule has 0 aliphatic carbocycles. The Morgan fingerprint density at radius 3 is 2.53 bits per heavy atom. The van der Waals surface area contributed by atoms with Gasteiger partial charge in [0.25, 0.3) is 0 Å². The van der Waals surface area contributed by atoms with Gasteiger partial charge in [-0.2, -0.15) is 0 Å². The first kappa shape index (κ1) is 9.71. The number of carbonyl (C=O) groups excluding carboxylic acids is 2. The van der Waals surface area contributed by atoms with Gasteiger partial charge < -0.3 is 5.32 Å². The van der Waals surface area contributed by atoms with E-state index in [0.29, 0.717) is 12.1 Å². The average Bonchev–Trinajstić information content (AvgIpc) is 2.17. The van der Waals surface area contributed by atoms with E-state index in [1.165, 1.54) is 4.90 Å². The van der Waals surface area contributed by atoms with Crippen molar-refractivity contribution in [3.8, 4) is 0 Å². The highest BCUT2D eigenvalue weighted by Crippen LogP contribution is 2.18. The van der Waals surface area contributed by atoms with E-state index in [1.807, 2.05) is 13.0 Å². The zero-order chi connectivity index (χ0) is 10.8. The topological polar surface area (TPSA) is 49.4 Å². The van der Waals surface area contributed by atoms with E-state index in [1.54, 1.807) is 24.3 Å². The lowest BCUT2D eigenvalue weighted by molar-refractivity contribution is -0.118. The summed E-state index contributed by atoms with van der Waals surface area (Å²) >= 11 is 0. The average molecular weight is 204 g/mol. The predicted molar refractivity (Wildman–Crippen MR) is 56.5 cm³/mol. The highest BCUT2D eigenvalue weighted by molar-refractivity contribution is 6.16. The van der Waals surface area contributed by atoms with Crippen LogP contribution in [0.25, 0.3) is 0 Å². The molecule has 1 N–H and O–H groups in total. The largest absolute Gasteiger partial charge is 0.334 e. The summed E-state index contributed by atoms with van der Waals surface area (Å²) in [4.78, 5) is 24.5. The normalized spacial score (nSPS) is 21.4. The standard InChI is InChI=1S/C11H12N2O2/c1-8-7-10(14)13(11(15)12-8)9-5-3-2-4-6-9/h2-6,8H,7H2,1H3,(H,12,15)/t8-/m0/s1. The Bertz CT molecular complexity index is 371. The third kappa shape index (κ3) is 1.83. The van der Waals surface area contributed by atoms with Crippen molar-refractivity contribution in [2.75, 3.05) is 4.90 Å². The van der Waals surface area contributed by atoms with Crippen molar-refractivity contribution in [3.05, 3.63) is 30.3 Å². The van der Waals surface area contributed by atoms with Crippen LogP contribution in [0, 0.1) is 0 Å². The van der Waals surface area contributed by atoms with Crippen LogP contribution in [-0.2, 0) is 4.79 Å². The van der Waals surface area contributed by atoms with E-state index in [-0.39, 0.29) is 18.0 Å². The van der Waals surface area contributed by atoms with E-state index in [0.717, 1.165) is 0 Å². The molecule has 1 fully saturated rings. The molecule has 0 bridgehead atoms. The van der Waals surface area contributed by atoms with Gasteiger partial charge in [0, 0.05) is 12.5 Å². The van der Waals surface area contributed by atoms with Gasteiger partial charge in [-0.25, -0.2) is 9.69 Å². The fourth-order valence-corrected chi connectivity index (χ4v) is 1.63. The van der Waals surface area contributed by atoms with Gasteiger partial charge in [0.15, 0.2) is 0 Å². The van der Waals surface area contributed by atoms with E-state index in [9.17, 15) is 9.59 Å². The summed E-state index contributed by atoms with van der Waals surface area (Å²) < 4.78 is 0. The minimum absolute atomic E-state index is 0.0787. The molecule has 78 valence electrons. The van der Waals surface area contributed by atoms with Crippen molar-refractivity contribution in [1.29, 1.82) is 0 Å². The highest BCUT2D eigenvalue weighted by atomic mass is 16.2. The second-order valence-electron chi connectivity index (χ2n) is 3.62. The number of carbonyl (C=O) groups is 2. The molecule has 1 aliphatic rings. The van der Waals surface area contributed by atoms with Gasteiger partial charge in [0.1, 0.15) is 0 Å². The molecule has 1 atom stereocenters. The van der Waals surface area contributed by atoms with Crippen LogP contribution in [0.2, 0.25) is 0 Å². The number of urea groups is 1. The molecular formula is C11H12N2O2. The molecule has 1 saturated heterocycles. The molecular weight excluding hydrogens is 192 g/mol. The Hall–Kier alpha value is -1.84. The monoisotopic (exact) mass is 204 g/mol. The molecule has 1 heterocycles. The maximum Gasteiger partial charge on any atom is 0.328 e. The van der Waals surface area contributed by atoms with E-state index < -0.39 is 0 Å². The molecule has 1 aromatic carbocycles. The van der Waals surface area contributed by atoms with Crippen molar-refractivity contribution in [1.82, 2.24) is 5.32 Å². The second kappa shape index (κ2) is 3.73. The van der Waals surface area contributed by atoms with Gasteiger partial charge in [0.05, 0.1) is 5.69 Å². The second-order valence-corrected chi connectivity index (χ2v) is 3.62. The third-order valence-electron chi connectivity index (χ3n) is 2.32. The van der Waals surface area contributed by atoms with Gasteiger partial charge in [-0.3, -0.25) is 4.79 Å². The number of para-hydroxylation sites is 1. The van der Waals surface area contributed by atoms with Crippen molar-refractivity contribution < 1.29 is 9.59 Å². The van der Waals surface area contributed by atoms with Gasteiger partial charge in [-0.15, -0.1) is 0 Å². The van der Waals surface area contributed by atoms with Crippen LogP contribution < -0.4 is 10.2 Å². The number of rotatable bonds is 1. The molecule has 1 aliphatic heterocycles. The Kier molecular flexibility index (Phi) is 2.41. The highest BCUT2D eigenvalue weighted by Gasteiger charge is 2.30. The summed E-state index contributed by atoms with van der Waals surface area (Å²) in [5.41, 5.74) is 0.618. The van der Waals surface area contributed by atoms with Gasteiger partial charge in [-0.1, -0.05) is 18.2 Å². The quantitative estimate of drug-likeness (QED) is 0.754. The third-order valence-corrected chi connectivity index (χ3v) is 2.32. The maximum atomic E-state index is 11.7. The van der Waals surface area contributed by atoms with Gasteiger partial charge >= 0.3 is 6.03 Å². The minimum atomic E-state index is -0.343. The SMILES string of the molecule is C[C@H]1CC(=O)N(c2ccccc2)C(=O)N1. The van der Waals surface area contributed by atoms with Gasteiger partial charge in [0.2, 0.25) is 5.91 Å². The fraction of sp³-hybridized carbons (Fsp3) is 0.273. The molecule has 0 radical (unpaired) electrons. The Morgan fingerprint density at radius 1 is 1.27 bits per heavy atom. The molecule has 4 heteroatoms. The maximum absolute atomic E-state index is 11.7. The molecule has 2 rings (SSSR count). The number of imide groups is 1. The smallest absolute Gasteiger partial charge is 0.328 e. The zero-order valence-corrected chi connectivity index (χ0v) is 8.43. The molecule has 0 unspecified atom stereocenters. The van der Waals surface area contributed by atoms with Crippen molar-refractivity contribution in [2.45, 2.75) is 19.4 Å².